The summed E-state index contributed by atoms with van der Waals surface area (Å²) in [5.74, 6) is 0. The summed E-state index contributed by atoms with van der Waals surface area (Å²) in [4.78, 5) is 0. The second-order valence-electron chi connectivity index (χ2n) is 9.33. The van der Waals surface area contributed by atoms with E-state index in [1.807, 2.05) is 0 Å². The van der Waals surface area contributed by atoms with Gasteiger partial charge in [0.1, 0.15) is 24.4 Å². The van der Waals surface area contributed by atoms with Crippen molar-refractivity contribution >= 4 is 25.0 Å². The number of aliphatic hydroxyl groups is 2. The minimum absolute atomic E-state index is 0.225. The minimum Gasteiger partial charge on any atom is -0.409 e. The summed E-state index contributed by atoms with van der Waals surface area (Å²) in [5.41, 5.74) is 0. The molecule has 0 aliphatic carbocycles. The van der Waals surface area contributed by atoms with Crippen LogP contribution < -0.4 is 0 Å². The topological polar surface area (TPSA) is 77.4 Å². The van der Waals surface area contributed by atoms with Crippen molar-refractivity contribution in [2.24, 2.45) is 0 Å². The van der Waals surface area contributed by atoms with E-state index < -0.39 is 55.7 Å². The van der Waals surface area contributed by atoms with Crippen molar-refractivity contribution in [3.63, 3.8) is 0 Å². The molecule has 0 aromatic rings. The summed E-state index contributed by atoms with van der Waals surface area (Å²) in [5, 5.41) is 20.2. The van der Waals surface area contributed by atoms with Crippen LogP contribution in [0.25, 0.3) is 0 Å². The lowest BCUT2D eigenvalue weighted by molar-refractivity contribution is -0.275. The first kappa shape index (κ1) is 22.5. The molecule has 144 valence electrons. The highest BCUT2D eigenvalue weighted by Gasteiger charge is 2.50. The molecule has 1 heterocycles. The fourth-order valence-corrected chi connectivity index (χ4v) is 5.92. The average Bonchev–Trinajstić information content (AvgIpc) is 2.32. The molecule has 0 radical (unpaired) electrons. The van der Waals surface area contributed by atoms with E-state index in [1.165, 1.54) is 0 Å². The molecule has 1 aliphatic heterocycles. The Labute approximate surface area is 149 Å². The standard InChI is InChI=1S/C15H36O6Si3/c1-22(2,3)19-12-11(10-16)18-15(17)14(21-24(7,8)9)13(12)20-23(4,5)6/h11-17H,10H2,1-9H3/t11-,12-,13+,14-,15-/m1/s1. The van der Waals surface area contributed by atoms with Gasteiger partial charge >= 0.3 is 0 Å². The fourth-order valence-electron chi connectivity index (χ4n) is 2.67. The van der Waals surface area contributed by atoms with E-state index in [9.17, 15) is 10.2 Å². The third-order valence-electron chi connectivity index (χ3n) is 3.26. The first-order chi connectivity index (χ1) is 10.6. The highest BCUT2D eigenvalue weighted by Crippen LogP contribution is 2.32. The van der Waals surface area contributed by atoms with Gasteiger partial charge in [0.25, 0.3) is 0 Å². The zero-order valence-electron chi connectivity index (χ0n) is 16.6. The Hall–Kier alpha value is 0.411. The summed E-state index contributed by atoms with van der Waals surface area (Å²) in [6, 6.07) is 0. The van der Waals surface area contributed by atoms with Crippen molar-refractivity contribution in [2.75, 3.05) is 6.61 Å². The van der Waals surface area contributed by atoms with Crippen molar-refractivity contribution in [3.8, 4) is 0 Å². The van der Waals surface area contributed by atoms with Gasteiger partial charge in [0.2, 0.25) is 0 Å². The Morgan fingerprint density at radius 3 is 1.46 bits per heavy atom. The molecule has 0 bridgehead atoms. The summed E-state index contributed by atoms with van der Waals surface area (Å²) in [7, 11) is -5.78. The maximum absolute atomic E-state index is 10.5. The Kier molecular flexibility index (Phi) is 7.46. The fraction of sp³-hybridized carbons (Fsp3) is 1.00. The molecule has 0 aromatic carbocycles. The van der Waals surface area contributed by atoms with Crippen LogP contribution in [-0.2, 0) is 18.0 Å². The van der Waals surface area contributed by atoms with Crippen LogP contribution in [-0.4, -0.2) is 72.5 Å². The van der Waals surface area contributed by atoms with E-state index in [0.29, 0.717) is 0 Å². The number of hydrogen-bond donors (Lipinski definition) is 2. The largest absolute Gasteiger partial charge is 0.409 e. The average molecular weight is 397 g/mol. The Bertz CT molecular complexity index is 401. The van der Waals surface area contributed by atoms with Gasteiger partial charge in [0, 0.05) is 0 Å². The molecule has 0 spiro atoms. The van der Waals surface area contributed by atoms with Gasteiger partial charge in [0.05, 0.1) is 6.61 Å². The van der Waals surface area contributed by atoms with E-state index in [2.05, 4.69) is 58.9 Å². The van der Waals surface area contributed by atoms with Gasteiger partial charge in [0.15, 0.2) is 31.2 Å². The van der Waals surface area contributed by atoms with Crippen LogP contribution in [0, 0.1) is 0 Å². The number of ether oxygens (including phenoxy) is 1. The molecule has 1 saturated heterocycles. The summed E-state index contributed by atoms with van der Waals surface area (Å²) >= 11 is 0. The van der Waals surface area contributed by atoms with Gasteiger partial charge in [-0.25, -0.2) is 0 Å². The molecule has 9 heteroatoms. The lowest BCUT2D eigenvalue weighted by Gasteiger charge is -2.49. The smallest absolute Gasteiger partial charge is 0.184 e. The summed E-state index contributed by atoms with van der Waals surface area (Å²) in [6.45, 7) is 18.5. The van der Waals surface area contributed by atoms with Gasteiger partial charge in [-0.05, 0) is 58.9 Å². The third kappa shape index (κ3) is 7.34. The lowest BCUT2D eigenvalue weighted by atomic mass is 9.99. The monoisotopic (exact) mass is 396 g/mol. The molecule has 1 fully saturated rings. The van der Waals surface area contributed by atoms with Gasteiger partial charge in [-0.3, -0.25) is 0 Å². The SMILES string of the molecule is C[Si](C)(C)O[C@@H]1[C@@H](O[Si](C)(C)C)[C@H](O)O[C@H](CO)[C@H]1O[Si](C)(C)C. The highest BCUT2D eigenvalue weighted by molar-refractivity contribution is 6.70. The molecule has 2 N–H and O–H groups in total. The van der Waals surface area contributed by atoms with E-state index in [-0.39, 0.29) is 6.61 Å². The molecule has 5 atom stereocenters. The number of hydrogen-bond acceptors (Lipinski definition) is 6. The molecule has 24 heavy (non-hydrogen) atoms. The van der Waals surface area contributed by atoms with Crippen LogP contribution in [0.1, 0.15) is 0 Å². The van der Waals surface area contributed by atoms with Crippen LogP contribution in [0.5, 0.6) is 0 Å². The Morgan fingerprint density at radius 1 is 0.708 bits per heavy atom. The molecule has 0 aromatic heterocycles. The molecule has 6 nitrogen and oxygen atoms in total. The molecular formula is C15H36O6Si3. The van der Waals surface area contributed by atoms with Crippen molar-refractivity contribution in [1.82, 2.24) is 0 Å². The van der Waals surface area contributed by atoms with Gasteiger partial charge in [-0.1, -0.05) is 0 Å². The molecule has 0 saturated carbocycles. The second-order valence-corrected chi connectivity index (χ2v) is 22.7. The van der Waals surface area contributed by atoms with Gasteiger partial charge in [-0.15, -0.1) is 0 Å². The van der Waals surface area contributed by atoms with Crippen LogP contribution in [0.3, 0.4) is 0 Å². The van der Waals surface area contributed by atoms with Crippen LogP contribution >= 0.6 is 0 Å². The predicted octanol–water partition coefficient (Wildman–Crippen LogP) is 2.36. The minimum atomic E-state index is -1.94. The summed E-state index contributed by atoms with van der Waals surface area (Å²) in [6.07, 6.45) is -3.24. The maximum Gasteiger partial charge on any atom is 0.184 e. The number of rotatable bonds is 7. The normalized spacial score (nSPS) is 32.9. The van der Waals surface area contributed by atoms with E-state index in [4.69, 9.17) is 18.0 Å². The van der Waals surface area contributed by atoms with Crippen LogP contribution in [0.4, 0.5) is 0 Å². The predicted molar refractivity (Wildman–Crippen MR) is 103 cm³/mol. The lowest BCUT2D eigenvalue weighted by Crippen LogP contribution is -2.65. The third-order valence-corrected chi connectivity index (χ3v) is 6.20. The second kappa shape index (κ2) is 7.97. The molecule has 0 amide bonds. The Morgan fingerprint density at radius 2 is 1.08 bits per heavy atom. The van der Waals surface area contributed by atoms with Crippen LogP contribution in [0.15, 0.2) is 0 Å². The molecular weight excluding hydrogens is 360 g/mol. The van der Waals surface area contributed by atoms with Crippen molar-refractivity contribution in [1.29, 1.82) is 0 Å². The van der Waals surface area contributed by atoms with Crippen molar-refractivity contribution in [3.05, 3.63) is 0 Å². The first-order valence-electron chi connectivity index (χ1n) is 8.61. The van der Waals surface area contributed by atoms with Gasteiger partial charge in [-0.2, -0.15) is 0 Å². The number of aliphatic hydroxyl groups excluding tert-OH is 2. The van der Waals surface area contributed by atoms with Crippen molar-refractivity contribution in [2.45, 2.75) is 89.6 Å². The quantitative estimate of drug-likeness (QED) is 0.643. The van der Waals surface area contributed by atoms with E-state index in [1.54, 1.807) is 0 Å². The zero-order valence-corrected chi connectivity index (χ0v) is 19.6. The highest BCUT2D eigenvalue weighted by atomic mass is 28.4. The van der Waals surface area contributed by atoms with Gasteiger partial charge < -0.3 is 28.2 Å². The Balaban J connectivity index is 3.20. The molecule has 1 rings (SSSR count). The van der Waals surface area contributed by atoms with E-state index >= 15 is 0 Å². The molecule has 1 aliphatic rings. The van der Waals surface area contributed by atoms with E-state index in [0.717, 1.165) is 0 Å². The summed E-state index contributed by atoms with van der Waals surface area (Å²) < 4.78 is 24.5. The maximum atomic E-state index is 10.5. The van der Waals surface area contributed by atoms with Crippen molar-refractivity contribution < 1.29 is 28.2 Å². The molecule has 0 unspecified atom stereocenters. The zero-order chi connectivity index (χ0) is 18.9. The first-order valence-corrected chi connectivity index (χ1v) is 18.8. The van der Waals surface area contributed by atoms with Crippen LogP contribution in [0.2, 0.25) is 58.9 Å².